The highest BCUT2D eigenvalue weighted by Gasteiger charge is 2.25. The van der Waals surface area contributed by atoms with Crippen molar-refractivity contribution in [1.29, 1.82) is 0 Å². The second kappa shape index (κ2) is 6.59. The van der Waals surface area contributed by atoms with E-state index in [-0.39, 0.29) is 16.3 Å². The van der Waals surface area contributed by atoms with Crippen LogP contribution in [0.5, 0.6) is 0 Å². The number of aryl methyl sites for hydroxylation is 1. The van der Waals surface area contributed by atoms with Gasteiger partial charge in [-0.15, -0.1) is 12.6 Å². The second-order valence-electron chi connectivity index (χ2n) is 5.31. The molecular weight excluding hydrogens is 278 g/mol. The van der Waals surface area contributed by atoms with Gasteiger partial charge in [0.2, 0.25) is 0 Å². The van der Waals surface area contributed by atoms with Gasteiger partial charge in [-0.3, -0.25) is 4.79 Å². The van der Waals surface area contributed by atoms with Gasteiger partial charge in [-0.1, -0.05) is 22.6 Å². The first-order chi connectivity index (χ1) is 8.71. The molecule has 0 aliphatic rings. The molecule has 1 aromatic carbocycles. The number of thiol groups is 1. The average Bonchev–Trinajstić information content (AvgIpc) is 2.27. The van der Waals surface area contributed by atoms with E-state index < -0.39 is 11.4 Å². The standard InChI is InChI=1S/C14H19NO2S2/c1-10-6-5-7-11(12(10)8-13(16)18)9-15-19(17)14(2,3)4/h5-7,9H,8H2,1-4H3,(H,16,18)/b15-9+. The Hall–Kier alpha value is -0.780. The Kier molecular flexibility index (Phi) is 5.64. The van der Waals surface area contributed by atoms with E-state index in [9.17, 15) is 9.35 Å². The molecule has 1 aromatic rings. The van der Waals surface area contributed by atoms with Crippen LogP contribution in [0.25, 0.3) is 0 Å². The highest BCUT2D eigenvalue weighted by molar-refractivity contribution is 7.96. The van der Waals surface area contributed by atoms with E-state index >= 15 is 0 Å². The SMILES string of the molecule is Cc1cccc(/C=N/[S+]([O-])C(C)(C)C)c1CC(=O)S. The van der Waals surface area contributed by atoms with Crippen LogP contribution in [-0.4, -0.2) is 20.6 Å². The zero-order valence-electron chi connectivity index (χ0n) is 11.6. The summed E-state index contributed by atoms with van der Waals surface area (Å²) in [5.74, 6) is 0. The van der Waals surface area contributed by atoms with E-state index in [0.29, 0.717) is 0 Å². The Morgan fingerprint density at radius 2 is 2.11 bits per heavy atom. The highest BCUT2D eigenvalue weighted by atomic mass is 32.2. The third kappa shape index (κ3) is 5.01. The molecule has 0 amide bonds. The van der Waals surface area contributed by atoms with Crippen LogP contribution in [0.1, 0.15) is 37.5 Å². The zero-order chi connectivity index (χ0) is 14.6. The smallest absolute Gasteiger partial charge is 0.190 e. The minimum absolute atomic E-state index is 0.194. The van der Waals surface area contributed by atoms with Crippen LogP contribution in [0.15, 0.2) is 22.6 Å². The van der Waals surface area contributed by atoms with Gasteiger partial charge in [0, 0.05) is 12.0 Å². The van der Waals surface area contributed by atoms with Gasteiger partial charge in [0.15, 0.2) is 5.12 Å². The fraction of sp³-hybridized carbons (Fsp3) is 0.429. The number of rotatable bonds is 4. The molecule has 0 aliphatic heterocycles. The van der Waals surface area contributed by atoms with Gasteiger partial charge < -0.3 is 4.55 Å². The lowest BCUT2D eigenvalue weighted by Gasteiger charge is -2.18. The molecule has 0 aromatic heterocycles. The van der Waals surface area contributed by atoms with Crippen LogP contribution in [0.4, 0.5) is 0 Å². The van der Waals surface area contributed by atoms with Gasteiger partial charge in [-0.2, -0.15) is 0 Å². The summed E-state index contributed by atoms with van der Waals surface area (Å²) in [4.78, 5) is 11.2. The number of carbonyl (C=O) groups excluding carboxylic acids is 1. The van der Waals surface area contributed by atoms with E-state index in [0.717, 1.165) is 16.7 Å². The van der Waals surface area contributed by atoms with Crippen LogP contribution in [0.2, 0.25) is 0 Å². The van der Waals surface area contributed by atoms with Crippen molar-refractivity contribution in [1.82, 2.24) is 0 Å². The van der Waals surface area contributed by atoms with Gasteiger partial charge in [-0.05, 0) is 38.8 Å². The lowest BCUT2D eigenvalue weighted by atomic mass is 10.0. The van der Waals surface area contributed by atoms with Crippen LogP contribution in [0.3, 0.4) is 0 Å². The van der Waals surface area contributed by atoms with E-state index in [1.54, 1.807) is 6.21 Å². The highest BCUT2D eigenvalue weighted by Crippen LogP contribution is 2.19. The summed E-state index contributed by atoms with van der Waals surface area (Å²) in [7, 11) is 0. The first-order valence-electron chi connectivity index (χ1n) is 5.98. The molecule has 1 rings (SSSR count). The fourth-order valence-corrected chi connectivity index (χ4v) is 2.19. The quantitative estimate of drug-likeness (QED) is 0.528. The van der Waals surface area contributed by atoms with Gasteiger partial charge in [0.05, 0.1) is 6.21 Å². The predicted molar refractivity (Wildman–Crippen MR) is 84.4 cm³/mol. The van der Waals surface area contributed by atoms with Crippen molar-refractivity contribution in [3.63, 3.8) is 0 Å². The molecule has 1 unspecified atom stereocenters. The van der Waals surface area contributed by atoms with Gasteiger partial charge in [-0.25, -0.2) is 0 Å². The Morgan fingerprint density at radius 1 is 1.47 bits per heavy atom. The molecule has 0 N–H and O–H groups in total. The fourth-order valence-electron chi connectivity index (χ4n) is 1.50. The number of hydrogen-bond donors (Lipinski definition) is 1. The first kappa shape index (κ1) is 16.3. The molecule has 0 fully saturated rings. The first-order valence-corrected chi connectivity index (χ1v) is 7.53. The maximum absolute atomic E-state index is 11.9. The zero-order valence-corrected chi connectivity index (χ0v) is 13.3. The van der Waals surface area contributed by atoms with Crippen molar-refractivity contribution >= 4 is 35.3 Å². The van der Waals surface area contributed by atoms with Crippen molar-refractivity contribution in [2.45, 2.75) is 38.9 Å². The molecule has 0 saturated heterocycles. The Bertz CT molecular complexity index is 493. The van der Waals surface area contributed by atoms with Gasteiger partial charge >= 0.3 is 0 Å². The largest absolute Gasteiger partial charge is 0.591 e. The van der Waals surface area contributed by atoms with E-state index in [1.807, 2.05) is 45.9 Å². The third-order valence-electron chi connectivity index (χ3n) is 2.59. The summed E-state index contributed by atoms with van der Waals surface area (Å²) in [6, 6.07) is 5.69. The molecule has 0 saturated carbocycles. The number of nitrogens with zero attached hydrogens (tertiary/aromatic N) is 1. The van der Waals surface area contributed by atoms with Crippen molar-refractivity contribution in [2.24, 2.45) is 4.40 Å². The summed E-state index contributed by atoms with van der Waals surface area (Å²) in [6.07, 6.45) is 1.83. The van der Waals surface area contributed by atoms with Crippen molar-refractivity contribution in [2.75, 3.05) is 0 Å². The monoisotopic (exact) mass is 297 g/mol. The van der Waals surface area contributed by atoms with Gasteiger partial charge in [0.25, 0.3) is 0 Å². The molecule has 1 atom stereocenters. The minimum atomic E-state index is -1.30. The molecule has 0 radical (unpaired) electrons. The molecule has 104 valence electrons. The van der Waals surface area contributed by atoms with E-state index in [1.165, 1.54) is 0 Å². The molecule has 0 heterocycles. The molecule has 0 aliphatic carbocycles. The van der Waals surface area contributed by atoms with E-state index in [2.05, 4.69) is 17.0 Å². The molecule has 0 spiro atoms. The normalized spacial score (nSPS) is 13.8. The van der Waals surface area contributed by atoms with Crippen molar-refractivity contribution < 1.29 is 9.35 Å². The van der Waals surface area contributed by atoms with E-state index in [4.69, 9.17) is 0 Å². The maximum atomic E-state index is 11.9. The number of hydrogen-bond acceptors (Lipinski definition) is 3. The van der Waals surface area contributed by atoms with Crippen molar-refractivity contribution in [3.05, 3.63) is 34.9 Å². The molecule has 0 bridgehead atoms. The van der Waals surface area contributed by atoms with Crippen LogP contribution in [-0.2, 0) is 22.6 Å². The van der Waals surface area contributed by atoms with Crippen LogP contribution >= 0.6 is 12.6 Å². The summed E-state index contributed by atoms with van der Waals surface area (Å²) in [5, 5.41) is -0.194. The maximum Gasteiger partial charge on any atom is 0.190 e. The summed E-state index contributed by atoms with van der Waals surface area (Å²) < 4.78 is 15.6. The van der Waals surface area contributed by atoms with Crippen LogP contribution in [0, 0.1) is 6.92 Å². The molecular formula is C14H19NO2S2. The number of benzene rings is 1. The lowest BCUT2D eigenvalue weighted by Crippen LogP contribution is -2.25. The van der Waals surface area contributed by atoms with Crippen LogP contribution < -0.4 is 0 Å². The third-order valence-corrected chi connectivity index (χ3v) is 4.09. The molecule has 3 nitrogen and oxygen atoms in total. The molecule has 19 heavy (non-hydrogen) atoms. The topological polar surface area (TPSA) is 52.5 Å². The average molecular weight is 297 g/mol. The van der Waals surface area contributed by atoms with Gasteiger partial charge in [0.1, 0.15) is 16.1 Å². The molecule has 5 heteroatoms. The predicted octanol–water partition coefficient (Wildman–Crippen LogP) is 2.88. The Morgan fingerprint density at radius 3 is 2.63 bits per heavy atom. The summed E-state index contributed by atoms with van der Waals surface area (Å²) >= 11 is 2.52. The minimum Gasteiger partial charge on any atom is -0.591 e. The second-order valence-corrected chi connectivity index (χ2v) is 7.74. The Labute approximate surface area is 123 Å². The lowest BCUT2D eigenvalue weighted by molar-refractivity contribution is -0.110. The Balaban J connectivity index is 3.04. The summed E-state index contributed by atoms with van der Waals surface area (Å²) in [5.41, 5.74) is 2.71. The summed E-state index contributed by atoms with van der Waals surface area (Å²) in [6.45, 7) is 7.54. The van der Waals surface area contributed by atoms with Crippen molar-refractivity contribution in [3.8, 4) is 0 Å². The number of carbonyl (C=O) groups is 1.